The molecule has 0 radical (unpaired) electrons. The maximum atomic E-state index is 12.1. The van der Waals surface area contributed by atoms with E-state index in [0.717, 1.165) is 12.1 Å². The van der Waals surface area contributed by atoms with Crippen LogP contribution in [0.3, 0.4) is 0 Å². The molecule has 0 saturated carbocycles. The number of carbonyl (C=O) groups excluding carboxylic acids is 1. The molecule has 106 valence electrons. The van der Waals surface area contributed by atoms with Gasteiger partial charge in [0.05, 0.1) is 0 Å². The second-order valence-corrected chi connectivity index (χ2v) is 4.58. The minimum atomic E-state index is -4.76. The standard InChI is InChI=1S/C13H16F3NO2/c1-8(2)9(3)17-12(18)10-5-4-6-11(7-10)19-13(14,15)16/h4-9H,1-3H3,(H,17,18). The number of alkyl halides is 3. The molecule has 1 aromatic carbocycles. The predicted molar refractivity (Wildman–Crippen MR) is 64.9 cm³/mol. The molecule has 1 N–H and O–H groups in total. The number of benzene rings is 1. The van der Waals surface area contributed by atoms with Crippen molar-refractivity contribution in [3.63, 3.8) is 0 Å². The van der Waals surface area contributed by atoms with E-state index in [4.69, 9.17) is 0 Å². The highest BCUT2D eigenvalue weighted by Crippen LogP contribution is 2.23. The van der Waals surface area contributed by atoms with Crippen LogP contribution < -0.4 is 10.1 Å². The summed E-state index contributed by atoms with van der Waals surface area (Å²) in [6.07, 6.45) is -4.76. The molecule has 1 amide bonds. The Kier molecular flexibility index (Phi) is 4.80. The SMILES string of the molecule is CC(C)C(C)NC(=O)c1cccc(OC(F)(F)F)c1. The second kappa shape index (κ2) is 5.95. The summed E-state index contributed by atoms with van der Waals surface area (Å²) in [4.78, 5) is 11.8. The summed E-state index contributed by atoms with van der Waals surface area (Å²) in [5.74, 6) is -0.593. The average Bonchev–Trinajstić information content (AvgIpc) is 2.26. The van der Waals surface area contributed by atoms with E-state index >= 15 is 0 Å². The summed E-state index contributed by atoms with van der Waals surface area (Å²) in [5.41, 5.74) is 0.134. The third kappa shape index (κ3) is 5.19. The highest BCUT2D eigenvalue weighted by molar-refractivity contribution is 5.94. The first-order valence-corrected chi connectivity index (χ1v) is 5.85. The lowest BCUT2D eigenvalue weighted by molar-refractivity contribution is -0.274. The molecule has 3 nitrogen and oxygen atoms in total. The molecule has 0 aliphatic rings. The molecule has 0 spiro atoms. The maximum Gasteiger partial charge on any atom is 0.573 e. The highest BCUT2D eigenvalue weighted by atomic mass is 19.4. The summed E-state index contributed by atoms with van der Waals surface area (Å²) in [7, 11) is 0. The number of rotatable bonds is 4. The van der Waals surface area contributed by atoms with E-state index in [1.807, 2.05) is 20.8 Å². The van der Waals surface area contributed by atoms with Gasteiger partial charge in [-0.15, -0.1) is 13.2 Å². The van der Waals surface area contributed by atoms with Crippen LogP contribution in [0.25, 0.3) is 0 Å². The zero-order chi connectivity index (χ0) is 14.6. The molecule has 0 saturated heterocycles. The number of hydrogen-bond acceptors (Lipinski definition) is 2. The van der Waals surface area contributed by atoms with E-state index in [9.17, 15) is 18.0 Å². The monoisotopic (exact) mass is 275 g/mol. The lowest BCUT2D eigenvalue weighted by Crippen LogP contribution is -2.36. The normalized spacial score (nSPS) is 13.2. The van der Waals surface area contributed by atoms with Gasteiger partial charge in [-0.05, 0) is 31.0 Å². The van der Waals surface area contributed by atoms with Crippen molar-refractivity contribution in [3.05, 3.63) is 29.8 Å². The number of halogens is 3. The molecule has 1 atom stereocenters. The fraction of sp³-hybridized carbons (Fsp3) is 0.462. The number of hydrogen-bond donors (Lipinski definition) is 1. The van der Waals surface area contributed by atoms with E-state index in [-0.39, 0.29) is 17.5 Å². The van der Waals surface area contributed by atoms with Crippen molar-refractivity contribution in [1.29, 1.82) is 0 Å². The Morgan fingerprint density at radius 1 is 1.26 bits per heavy atom. The molecule has 0 heterocycles. The molecule has 19 heavy (non-hydrogen) atoms. The average molecular weight is 275 g/mol. The van der Waals surface area contributed by atoms with E-state index in [1.165, 1.54) is 12.1 Å². The molecule has 0 fully saturated rings. The van der Waals surface area contributed by atoms with Crippen LogP contribution >= 0.6 is 0 Å². The minimum absolute atomic E-state index is 0.0697. The lowest BCUT2D eigenvalue weighted by atomic mass is 10.1. The van der Waals surface area contributed by atoms with Crippen LogP contribution in [-0.2, 0) is 0 Å². The van der Waals surface area contributed by atoms with Crippen LogP contribution in [0.15, 0.2) is 24.3 Å². The summed E-state index contributed by atoms with van der Waals surface area (Å²) in [6, 6.07) is 4.92. The van der Waals surface area contributed by atoms with Gasteiger partial charge in [0.25, 0.3) is 5.91 Å². The van der Waals surface area contributed by atoms with Crippen molar-refractivity contribution >= 4 is 5.91 Å². The maximum absolute atomic E-state index is 12.1. The van der Waals surface area contributed by atoms with Crippen LogP contribution in [0, 0.1) is 5.92 Å². The quantitative estimate of drug-likeness (QED) is 0.915. The van der Waals surface area contributed by atoms with E-state index < -0.39 is 18.0 Å². The first-order chi connectivity index (χ1) is 8.69. The van der Waals surface area contributed by atoms with Crippen LogP contribution in [0.5, 0.6) is 5.75 Å². The topological polar surface area (TPSA) is 38.3 Å². The smallest absolute Gasteiger partial charge is 0.406 e. The summed E-state index contributed by atoms with van der Waals surface area (Å²) >= 11 is 0. The highest BCUT2D eigenvalue weighted by Gasteiger charge is 2.31. The Bertz CT molecular complexity index is 444. The van der Waals surface area contributed by atoms with Gasteiger partial charge in [0.15, 0.2) is 0 Å². The lowest BCUT2D eigenvalue weighted by Gasteiger charge is -2.17. The first-order valence-electron chi connectivity index (χ1n) is 5.85. The number of carbonyl (C=O) groups is 1. The van der Waals surface area contributed by atoms with Crippen molar-refractivity contribution in [2.24, 2.45) is 5.92 Å². The van der Waals surface area contributed by atoms with Gasteiger partial charge in [-0.3, -0.25) is 4.79 Å². The van der Waals surface area contributed by atoms with Gasteiger partial charge in [-0.25, -0.2) is 0 Å². The zero-order valence-electron chi connectivity index (χ0n) is 10.9. The van der Waals surface area contributed by atoms with Crippen molar-refractivity contribution < 1.29 is 22.7 Å². The fourth-order valence-corrected chi connectivity index (χ4v) is 1.29. The van der Waals surface area contributed by atoms with Crippen LogP contribution in [0.4, 0.5) is 13.2 Å². The Labute approximate surface area is 109 Å². The predicted octanol–water partition coefficient (Wildman–Crippen LogP) is 3.36. The summed E-state index contributed by atoms with van der Waals surface area (Å²) < 4.78 is 40.0. The van der Waals surface area contributed by atoms with Gasteiger partial charge in [-0.1, -0.05) is 19.9 Å². The largest absolute Gasteiger partial charge is 0.573 e. The molecule has 0 aliphatic heterocycles. The van der Waals surface area contributed by atoms with Crippen molar-refractivity contribution in [2.45, 2.75) is 33.2 Å². The molecule has 6 heteroatoms. The third-order valence-electron chi connectivity index (χ3n) is 2.69. The van der Waals surface area contributed by atoms with E-state index in [2.05, 4.69) is 10.1 Å². The number of ether oxygens (including phenoxy) is 1. The first kappa shape index (κ1) is 15.3. The Balaban J connectivity index is 2.79. The Morgan fingerprint density at radius 2 is 1.89 bits per heavy atom. The molecule has 0 bridgehead atoms. The summed E-state index contributed by atoms with van der Waals surface area (Å²) in [5, 5.41) is 2.71. The zero-order valence-corrected chi connectivity index (χ0v) is 10.9. The van der Waals surface area contributed by atoms with E-state index in [1.54, 1.807) is 0 Å². The Hall–Kier alpha value is -1.72. The van der Waals surface area contributed by atoms with Crippen molar-refractivity contribution in [2.75, 3.05) is 0 Å². The molecule has 1 aromatic rings. The third-order valence-corrected chi connectivity index (χ3v) is 2.69. The number of nitrogens with one attached hydrogen (secondary N) is 1. The number of amides is 1. The molecule has 1 unspecified atom stereocenters. The van der Waals surface area contributed by atoms with Crippen molar-refractivity contribution in [3.8, 4) is 5.75 Å². The van der Waals surface area contributed by atoms with Crippen LogP contribution in [-0.4, -0.2) is 18.3 Å². The van der Waals surface area contributed by atoms with Crippen LogP contribution in [0.2, 0.25) is 0 Å². The van der Waals surface area contributed by atoms with Gasteiger partial charge in [-0.2, -0.15) is 0 Å². The van der Waals surface area contributed by atoms with Gasteiger partial charge in [0.1, 0.15) is 5.75 Å². The van der Waals surface area contributed by atoms with Crippen molar-refractivity contribution in [1.82, 2.24) is 5.32 Å². The molecular formula is C13H16F3NO2. The van der Waals surface area contributed by atoms with Gasteiger partial charge in [0.2, 0.25) is 0 Å². The van der Waals surface area contributed by atoms with Gasteiger partial charge >= 0.3 is 6.36 Å². The molecule has 0 aromatic heterocycles. The summed E-state index contributed by atoms with van der Waals surface area (Å²) in [6.45, 7) is 5.71. The van der Waals surface area contributed by atoms with Gasteiger partial charge in [0, 0.05) is 11.6 Å². The fourth-order valence-electron chi connectivity index (χ4n) is 1.29. The molecule has 0 aliphatic carbocycles. The van der Waals surface area contributed by atoms with E-state index in [0.29, 0.717) is 0 Å². The molecular weight excluding hydrogens is 259 g/mol. The Morgan fingerprint density at radius 3 is 2.42 bits per heavy atom. The molecule has 1 rings (SSSR count). The van der Waals surface area contributed by atoms with Crippen LogP contribution in [0.1, 0.15) is 31.1 Å². The van der Waals surface area contributed by atoms with Gasteiger partial charge < -0.3 is 10.1 Å². The second-order valence-electron chi connectivity index (χ2n) is 4.58. The minimum Gasteiger partial charge on any atom is -0.406 e.